The van der Waals surface area contributed by atoms with Crippen molar-refractivity contribution in [1.29, 1.82) is 0 Å². The molecule has 0 aromatic rings. The Balaban J connectivity index is 2.62. The van der Waals surface area contributed by atoms with Gasteiger partial charge in [0.1, 0.15) is 0 Å². The van der Waals surface area contributed by atoms with E-state index in [0.29, 0.717) is 0 Å². The van der Waals surface area contributed by atoms with Crippen molar-refractivity contribution in [1.82, 2.24) is 5.32 Å². The predicted octanol–water partition coefficient (Wildman–Crippen LogP) is -0.709. The summed E-state index contributed by atoms with van der Waals surface area (Å²) in [5.41, 5.74) is 0. The number of hydrogen-bond acceptors (Lipinski definition) is 4. The quantitative estimate of drug-likeness (QED) is 0.467. The topological polar surface area (TPSA) is 75.6 Å². The zero-order valence-electron chi connectivity index (χ0n) is 8.48. The molecule has 1 fully saturated rings. The van der Waals surface area contributed by atoms with Gasteiger partial charge < -0.3 is 15.2 Å². The molecule has 1 heterocycles. The van der Waals surface area contributed by atoms with Gasteiger partial charge in [-0.2, -0.15) is 0 Å². The molecule has 0 bridgehead atoms. The molecule has 1 aliphatic heterocycles. The van der Waals surface area contributed by atoms with Crippen LogP contribution in [0.4, 0.5) is 0 Å². The Bertz CT molecular complexity index is 251. The van der Waals surface area contributed by atoms with Crippen LogP contribution < -0.4 is 5.32 Å². The van der Waals surface area contributed by atoms with Gasteiger partial charge >= 0.3 is 5.97 Å². The summed E-state index contributed by atoms with van der Waals surface area (Å²) >= 11 is 0. The molecule has 80 valence electrons. The number of rotatable bonds is 3. The summed E-state index contributed by atoms with van der Waals surface area (Å²) in [6.07, 6.45) is -0.735. The molecular weight excluding hydrogens is 186 g/mol. The van der Waals surface area contributed by atoms with Crippen molar-refractivity contribution in [3.05, 3.63) is 0 Å². The SMILES string of the molecule is COC(=O)[C@H](C)[C@@H]1NC(=O)[C@H]1[C@@H](C)O. The van der Waals surface area contributed by atoms with E-state index >= 15 is 0 Å². The second-order valence-corrected chi connectivity index (χ2v) is 3.61. The summed E-state index contributed by atoms with van der Waals surface area (Å²) in [4.78, 5) is 22.2. The summed E-state index contributed by atoms with van der Waals surface area (Å²) < 4.78 is 4.56. The van der Waals surface area contributed by atoms with Gasteiger partial charge in [-0.05, 0) is 13.8 Å². The van der Waals surface area contributed by atoms with E-state index in [1.807, 2.05) is 0 Å². The maximum Gasteiger partial charge on any atom is 0.310 e. The van der Waals surface area contributed by atoms with Crippen molar-refractivity contribution < 1.29 is 19.4 Å². The van der Waals surface area contributed by atoms with E-state index in [2.05, 4.69) is 10.1 Å². The fraction of sp³-hybridized carbons (Fsp3) is 0.778. The van der Waals surface area contributed by atoms with Gasteiger partial charge in [-0.25, -0.2) is 0 Å². The van der Waals surface area contributed by atoms with E-state index < -0.39 is 17.9 Å². The highest BCUT2D eigenvalue weighted by molar-refractivity contribution is 5.88. The van der Waals surface area contributed by atoms with Crippen molar-refractivity contribution >= 4 is 11.9 Å². The van der Waals surface area contributed by atoms with Gasteiger partial charge in [0.25, 0.3) is 0 Å². The smallest absolute Gasteiger partial charge is 0.310 e. The van der Waals surface area contributed by atoms with Crippen LogP contribution in [0.3, 0.4) is 0 Å². The molecule has 1 saturated heterocycles. The van der Waals surface area contributed by atoms with Gasteiger partial charge in [-0.3, -0.25) is 9.59 Å². The minimum absolute atomic E-state index is 0.208. The molecule has 5 nitrogen and oxygen atoms in total. The number of hydrogen-bond donors (Lipinski definition) is 2. The summed E-state index contributed by atoms with van der Waals surface area (Å²) in [7, 11) is 1.30. The lowest BCUT2D eigenvalue weighted by molar-refractivity contribution is -0.153. The number of aliphatic hydroxyl groups excluding tert-OH is 1. The molecule has 1 aliphatic rings. The van der Waals surface area contributed by atoms with E-state index in [-0.39, 0.29) is 17.9 Å². The average Bonchev–Trinajstić information content (AvgIpc) is 2.10. The summed E-state index contributed by atoms with van der Waals surface area (Å²) in [5.74, 6) is -1.50. The van der Waals surface area contributed by atoms with Gasteiger partial charge in [0.2, 0.25) is 5.91 Å². The molecule has 1 rings (SSSR count). The molecule has 0 aromatic heterocycles. The maximum atomic E-state index is 11.2. The fourth-order valence-electron chi connectivity index (χ4n) is 1.70. The molecule has 0 unspecified atom stereocenters. The van der Waals surface area contributed by atoms with Crippen molar-refractivity contribution in [2.24, 2.45) is 11.8 Å². The van der Waals surface area contributed by atoms with E-state index in [1.54, 1.807) is 13.8 Å². The van der Waals surface area contributed by atoms with Crippen LogP contribution in [0.25, 0.3) is 0 Å². The molecule has 0 aliphatic carbocycles. The first-order valence-electron chi connectivity index (χ1n) is 4.55. The predicted molar refractivity (Wildman–Crippen MR) is 48.3 cm³/mol. The average molecular weight is 201 g/mol. The van der Waals surface area contributed by atoms with Gasteiger partial charge in [0, 0.05) is 0 Å². The largest absolute Gasteiger partial charge is 0.469 e. The first-order valence-corrected chi connectivity index (χ1v) is 4.55. The number of β-lactam (4-membered cyclic amide) rings is 1. The van der Waals surface area contributed by atoms with Crippen LogP contribution in [0.15, 0.2) is 0 Å². The van der Waals surface area contributed by atoms with Gasteiger partial charge in [-0.15, -0.1) is 0 Å². The standard InChI is InChI=1S/C9H15NO4/c1-4(9(13)14-3)7-6(5(2)11)8(12)10-7/h4-7,11H,1-3H3,(H,10,12)/t4-,5-,6+,7+/m1/s1. The van der Waals surface area contributed by atoms with Crippen LogP contribution >= 0.6 is 0 Å². The number of esters is 1. The molecule has 1 amide bonds. The van der Waals surface area contributed by atoms with Crippen molar-refractivity contribution in [2.75, 3.05) is 7.11 Å². The Hall–Kier alpha value is -1.10. The number of methoxy groups -OCH3 is 1. The van der Waals surface area contributed by atoms with Crippen LogP contribution in [0, 0.1) is 11.8 Å². The molecular formula is C9H15NO4. The second kappa shape index (κ2) is 3.96. The number of aliphatic hydroxyl groups is 1. The van der Waals surface area contributed by atoms with Gasteiger partial charge in [0.05, 0.1) is 31.1 Å². The number of amides is 1. The molecule has 2 N–H and O–H groups in total. The van der Waals surface area contributed by atoms with Crippen LogP contribution in [0.1, 0.15) is 13.8 Å². The van der Waals surface area contributed by atoms with Crippen LogP contribution in [-0.4, -0.2) is 36.2 Å². The van der Waals surface area contributed by atoms with E-state index in [0.717, 1.165) is 0 Å². The molecule has 0 radical (unpaired) electrons. The highest BCUT2D eigenvalue weighted by Gasteiger charge is 2.47. The number of carbonyl (C=O) groups excluding carboxylic acids is 2. The zero-order valence-corrected chi connectivity index (χ0v) is 8.48. The van der Waals surface area contributed by atoms with Crippen LogP contribution in [0.5, 0.6) is 0 Å². The van der Waals surface area contributed by atoms with E-state index in [1.165, 1.54) is 7.11 Å². The van der Waals surface area contributed by atoms with E-state index in [4.69, 9.17) is 0 Å². The first kappa shape index (κ1) is 11.0. The van der Waals surface area contributed by atoms with Crippen LogP contribution in [0.2, 0.25) is 0 Å². The second-order valence-electron chi connectivity index (χ2n) is 3.61. The Labute approximate surface area is 82.4 Å². The van der Waals surface area contributed by atoms with E-state index in [9.17, 15) is 14.7 Å². The summed E-state index contributed by atoms with van der Waals surface area (Å²) in [6, 6.07) is -0.310. The fourth-order valence-corrected chi connectivity index (χ4v) is 1.70. The Kier molecular flexibility index (Phi) is 3.10. The third-order valence-electron chi connectivity index (χ3n) is 2.63. The molecule has 0 aromatic carbocycles. The lowest BCUT2D eigenvalue weighted by Gasteiger charge is -2.40. The van der Waals surface area contributed by atoms with Gasteiger partial charge in [-0.1, -0.05) is 0 Å². The highest BCUT2D eigenvalue weighted by atomic mass is 16.5. The lowest BCUT2D eigenvalue weighted by Crippen LogP contribution is -2.65. The third kappa shape index (κ3) is 1.72. The van der Waals surface area contributed by atoms with Gasteiger partial charge in [0.15, 0.2) is 0 Å². The van der Waals surface area contributed by atoms with Crippen molar-refractivity contribution in [3.63, 3.8) is 0 Å². The normalized spacial score (nSPS) is 29.9. The monoisotopic (exact) mass is 201 g/mol. The molecule has 5 heteroatoms. The molecule has 0 spiro atoms. The number of carbonyl (C=O) groups is 2. The van der Waals surface area contributed by atoms with Crippen molar-refractivity contribution in [3.8, 4) is 0 Å². The zero-order chi connectivity index (χ0) is 10.9. The lowest BCUT2D eigenvalue weighted by atomic mass is 9.79. The summed E-state index contributed by atoms with van der Waals surface area (Å²) in [5, 5.41) is 11.9. The van der Waals surface area contributed by atoms with Crippen molar-refractivity contribution in [2.45, 2.75) is 26.0 Å². The number of nitrogens with one attached hydrogen (secondary N) is 1. The maximum absolute atomic E-state index is 11.2. The minimum Gasteiger partial charge on any atom is -0.469 e. The Morgan fingerprint density at radius 2 is 2.14 bits per heavy atom. The first-order chi connectivity index (χ1) is 6.49. The third-order valence-corrected chi connectivity index (χ3v) is 2.63. The Morgan fingerprint density at radius 1 is 1.57 bits per heavy atom. The molecule has 4 atom stereocenters. The Morgan fingerprint density at radius 3 is 2.50 bits per heavy atom. The summed E-state index contributed by atoms with van der Waals surface area (Å²) in [6.45, 7) is 3.21. The number of ether oxygens (including phenoxy) is 1. The van der Waals surface area contributed by atoms with Crippen LogP contribution in [-0.2, 0) is 14.3 Å². The molecule has 14 heavy (non-hydrogen) atoms. The minimum atomic E-state index is -0.735. The molecule has 0 saturated carbocycles. The highest BCUT2D eigenvalue weighted by Crippen LogP contribution is 2.25.